The molecule has 0 radical (unpaired) electrons. The largest absolute Gasteiger partial charge is 0.378 e. The number of rotatable bonds is 3. The molecule has 0 aromatic heterocycles. The maximum absolute atomic E-state index is 12.5. The monoisotopic (exact) mass is 325 g/mol. The summed E-state index contributed by atoms with van der Waals surface area (Å²) >= 11 is 1.13. The molecule has 2 aromatic rings. The number of para-hydroxylation sites is 2. The molecule has 2 aromatic carbocycles. The van der Waals surface area contributed by atoms with E-state index in [1.165, 1.54) is 4.90 Å². The predicted molar refractivity (Wildman–Crippen MR) is 92.7 cm³/mol. The van der Waals surface area contributed by atoms with Crippen LogP contribution in [0.25, 0.3) is 0 Å². The van der Waals surface area contributed by atoms with Gasteiger partial charge in [-0.3, -0.25) is 9.59 Å². The zero-order chi connectivity index (χ0) is 16.2. The first-order valence-corrected chi connectivity index (χ1v) is 8.01. The highest BCUT2D eigenvalue weighted by Crippen LogP contribution is 2.30. The Kier molecular flexibility index (Phi) is 4.43. The highest BCUT2D eigenvalue weighted by Gasteiger charge is 2.40. The number of carbonyl (C=O) groups is 2. The average Bonchev–Trinajstić information content (AvgIpc) is 2.83. The molecule has 1 aliphatic rings. The van der Waals surface area contributed by atoms with Crippen LogP contribution in [0, 0.1) is 0 Å². The van der Waals surface area contributed by atoms with E-state index < -0.39 is 5.25 Å². The first-order chi connectivity index (χ1) is 11.1. The van der Waals surface area contributed by atoms with Crippen molar-refractivity contribution in [1.29, 1.82) is 0 Å². The molecule has 2 amide bonds. The van der Waals surface area contributed by atoms with Crippen LogP contribution in [0.5, 0.6) is 0 Å². The van der Waals surface area contributed by atoms with Crippen LogP contribution in [0.1, 0.15) is 6.42 Å². The van der Waals surface area contributed by atoms with Gasteiger partial charge in [-0.25, -0.2) is 9.89 Å². The fraction of sp³-hybridized carbons (Fsp3) is 0.118. The summed E-state index contributed by atoms with van der Waals surface area (Å²) in [5.41, 5.74) is 7.21. The summed E-state index contributed by atoms with van der Waals surface area (Å²) in [5.74, 6) is -0.469. The molecule has 2 N–H and O–H groups in total. The van der Waals surface area contributed by atoms with Crippen LogP contribution in [-0.4, -0.2) is 22.2 Å². The minimum atomic E-state index is -0.532. The van der Waals surface area contributed by atoms with Gasteiger partial charge in [0, 0.05) is 6.42 Å². The number of imide groups is 1. The van der Waals surface area contributed by atoms with Gasteiger partial charge in [-0.15, -0.1) is 0 Å². The molecule has 3 rings (SSSR count). The van der Waals surface area contributed by atoms with Crippen LogP contribution >= 0.6 is 11.8 Å². The summed E-state index contributed by atoms with van der Waals surface area (Å²) in [4.78, 5) is 30.1. The van der Waals surface area contributed by atoms with E-state index in [9.17, 15) is 9.59 Å². The van der Waals surface area contributed by atoms with Crippen molar-refractivity contribution in [3.05, 3.63) is 60.7 Å². The maximum Gasteiger partial charge on any atom is 0.247 e. The number of hydrogen-bond acceptors (Lipinski definition) is 4. The Bertz CT molecular complexity index is 747. The summed E-state index contributed by atoms with van der Waals surface area (Å²) in [6, 6.07) is 18.2. The van der Waals surface area contributed by atoms with Gasteiger partial charge in [0.25, 0.3) is 0 Å². The number of aliphatic imine (C=N–C) groups is 1. The third-order valence-electron chi connectivity index (χ3n) is 3.38. The fourth-order valence-corrected chi connectivity index (χ4v) is 3.23. The lowest BCUT2D eigenvalue weighted by Crippen LogP contribution is -2.31. The molecule has 0 bridgehead atoms. The fourth-order valence-electron chi connectivity index (χ4n) is 2.35. The van der Waals surface area contributed by atoms with E-state index in [-0.39, 0.29) is 23.4 Å². The van der Waals surface area contributed by atoms with Crippen LogP contribution in [0.4, 0.5) is 11.4 Å². The minimum Gasteiger partial charge on any atom is -0.378 e. The number of nitrogens with two attached hydrogens (primary N) is 1. The van der Waals surface area contributed by atoms with Crippen molar-refractivity contribution in [3.8, 4) is 0 Å². The zero-order valence-electron chi connectivity index (χ0n) is 12.3. The molecule has 5 nitrogen and oxygen atoms in total. The van der Waals surface area contributed by atoms with E-state index in [1.807, 2.05) is 36.4 Å². The van der Waals surface area contributed by atoms with Crippen molar-refractivity contribution in [2.24, 2.45) is 10.7 Å². The molecule has 1 saturated heterocycles. The molecule has 1 fully saturated rings. The SMILES string of the molecule is NC(=Nc1ccccc1)S[C@@H]1CC(=O)N(c2ccccc2)C1=O. The highest BCUT2D eigenvalue weighted by molar-refractivity contribution is 8.15. The second-order valence-corrected chi connectivity index (χ2v) is 6.22. The van der Waals surface area contributed by atoms with Crippen LogP contribution in [0.3, 0.4) is 0 Å². The quantitative estimate of drug-likeness (QED) is 0.535. The zero-order valence-corrected chi connectivity index (χ0v) is 13.1. The number of hydrogen-bond donors (Lipinski definition) is 1. The smallest absolute Gasteiger partial charge is 0.247 e. The second-order valence-electron chi connectivity index (χ2n) is 5.00. The van der Waals surface area contributed by atoms with E-state index >= 15 is 0 Å². The van der Waals surface area contributed by atoms with Crippen LogP contribution in [0.15, 0.2) is 65.7 Å². The molecular formula is C17H15N3O2S. The third kappa shape index (κ3) is 3.43. The first-order valence-electron chi connectivity index (χ1n) is 7.13. The van der Waals surface area contributed by atoms with Crippen molar-refractivity contribution in [1.82, 2.24) is 0 Å². The lowest BCUT2D eigenvalue weighted by Gasteiger charge is -2.14. The third-order valence-corrected chi connectivity index (χ3v) is 4.36. The Morgan fingerprint density at radius 2 is 1.65 bits per heavy atom. The average molecular weight is 325 g/mol. The molecule has 0 spiro atoms. The predicted octanol–water partition coefficient (Wildman–Crippen LogP) is 2.70. The molecule has 23 heavy (non-hydrogen) atoms. The molecular weight excluding hydrogens is 310 g/mol. The van der Waals surface area contributed by atoms with Crippen LogP contribution in [-0.2, 0) is 9.59 Å². The number of anilines is 1. The Balaban J connectivity index is 1.74. The van der Waals surface area contributed by atoms with Gasteiger partial charge >= 0.3 is 0 Å². The van der Waals surface area contributed by atoms with Gasteiger partial charge < -0.3 is 5.73 Å². The standard InChI is InChI=1S/C17H15N3O2S/c18-17(19-12-7-3-1-4-8-12)23-14-11-15(21)20(16(14)22)13-9-5-2-6-10-13/h1-10,14H,11H2,(H2,18,19)/t14-/m1/s1. The van der Waals surface area contributed by atoms with Gasteiger partial charge in [0.15, 0.2) is 5.17 Å². The molecule has 1 atom stereocenters. The lowest BCUT2D eigenvalue weighted by molar-refractivity contribution is -0.121. The molecule has 0 saturated carbocycles. The number of amidine groups is 1. The lowest BCUT2D eigenvalue weighted by atomic mass is 10.3. The highest BCUT2D eigenvalue weighted by atomic mass is 32.2. The summed E-state index contributed by atoms with van der Waals surface area (Å²) < 4.78 is 0. The first kappa shape index (κ1) is 15.3. The molecule has 1 heterocycles. The summed E-state index contributed by atoms with van der Waals surface area (Å²) in [6.45, 7) is 0. The van der Waals surface area contributed by atoms with Crippen molar-refractivity contribution in [2.45, 2.75) is 11.7 Å². The topological polar surface area (TPSA) is 75.8 Å². The number of benzene rings is 2. The molecule has 0 unspecified atom stereocenters. The number of amides is 2. The van der Waals surface area contributed by atoms with Gasteiger partial charge in [0.05, 0.1) is 11.4 Å². The number of carbonyl (C=O) groups excluding carboxylic acids is 2. The second kappa shape index (κ2) is 6.66. The molecule has 1 aliphatic heterocycles. The van der Waals surface area contributed by atoms with Gasteiger partial charge in [0.1, 0.15) is 5.25 Å². The number of nitrogens with zero attached hydrogens (tertiary/aromatic N) is 2. The summed E-state index contributed by atoms with van der Waals surface area (Å²) in [5, 5.41) is -0.257. The van der Waals surface area contributed by atoms with E-state index in [1.54, 1.807) is 24.3 Å². The molecule has 0 aliphatic carbocycles. The van der Waals surface area contributed by atoms with Gasteiger partial charge in [-0.05, 0) is 24.3 Å². The summed E-state index contributed by atoms with van der Waals surface area (Å²) in [7, 11) is 0. The van der Waals surface area contributed by atoms with E-state index in [2.05, 4.69) is 4.99 Å². The van der Waals surface area contributed by atoms with Crippen molar-refractivity contribution >= 4 is 40.1 Å². The molecule has 116 valence electrons. The van der Waals surface area contributed by atoms with Gasteiger partial charge in [0.2, 0.25) is 11.8 Å². The normalized spacial score (nSPS) is 18.5. The van der Waals surface area contributed by atoms with Gasteiger partial charge in [-0.1, -0.05) is 48.2 Å². The maximum atomic E-state index is 12.5. The van der Waals surface area contributed by atoms with Gasteiger partial charge in [-0.2, -0.15) is 0 Å². The Labute approximate surface area is 138 Å². The Morgan fingerprint density at radius 1 is 1.04 bits per heavy atom. The Hall–Kier alpha value is -2.60. The van der Waals surface area contributed by atoms with E-state index in [0.717, 1.165) is 11.8 Å². The Morgan fingerprint density at radius 3 is 2.30 bits per heavy atom. The number of thioether (sulfide) groups is 1. The minimum absolute atomic E-state index is 0.128. The van der Waals surface area contributed by atoms with Crippen LogP contribution < -0.4 is 10.6 Å². The van der Waals surface area contributed by atoms with Crippen LogP contribution in [0.2, 0.25) is 0 Å². The van der Waals surface area contributed by atoms with Crippen molar-refractivity contribution in [2.75, 3.05) is 4.90 Å². The summed E-state index contributed by atoms with van der Waals surface area (Å²) in [6.07, 6.45) is 0.128. The van der Waals surface area contributed by atoms with E-state index in [4.69, 9.17) is 5.73 Å². The van der Waals surface area contributed by atoms with Crippen molar-refractivity contribution < 1.29 is 9.59 Å². The van der Waals surface area contributed by atoms with E-state index in [0.29, 0.717) is 11.4 Å². The van der Waals surface area contributed by atoms with Crippen molar-refractivity contribution in [3.63, 3.8) is 0 Å². The molecule has 6 heteroatoms.